The van der Waals surface area contributed by atoms with Gasteiger partial charge in [0.15, 0.2) is 0 Å². The number of nitrogens with one attached hydrogen (secondary N) is 1. The number of fused-ring (bicyclic) bond motifs is 1. The molecule has 1 aromatic carbocycles. The van der Waals surface area contributed by atoms with Gasteiger partial charge in [-0.05, 0) is 56.7 Å². The van der Waals surface area contributed by atoms with E-state index in [4.69, 9.17) is 4.74 Å². The molecular formula is C19H23NO3S. The van der Waals surface area contributed by atoms with Crippen molar-refractivity contribution in [2.24, 2.45) is 0 Å². The fourth-order valence-corrected chi connectivity index (χ4v) is 4.38. The average molecular weight is 345 g/mol. The maximum Gasteiger partial charge on any atom is 0.341 e. The Balaban J connectivity index is 1.86. The summed E-state index contributed by atoms with van der Waals surface area (Å²) in [6.45, 7) is 4.64. The maximum atomic E-state index is 12.4. The summed E-state index contributed by atoms with van der Waals surface area (Å²) in [5.74, 6) is 0.0361. The average Bonchev–Trinajstić information content (AvgIpc) is 2.92. The van der Waals surface area contributed by atoms with Crippen molar-refractivity contribution in [3.63, 3.8) is 0 Å². The lowest BCUT2D eigenvalue weighted by Gasteiger charge is -2.12. The summed E-state index contributed by atoms with van der Waals surface area (Å²) in [4.78, 5) is 13.7. The van der Waals surface area contributed by atoms with Gasteiger partial charge in [-0.25, -0.2) is 4.79 Å². The van der Waals surface area contributed by atoms with Crippen LogP contribution in [-0.4, -0.2) is 17.7 Å². The summed E-state index contributed by atoms with van der Waals surface area (Å²) in [5, 5.41) is 14.3. The molecule has 0 bridgehead atoms. The summed E-state index contributed by atoms with van der Waals surface area (Å²) < 4.78 is 5.26. The summed E-state index contributed by atoms with van der Waals surface area (Å²) in [5.41, 5.74) is 3.69. The van der Waals surface area contributed by atoms with Crippen LogP contribution in [0.15, 0.2) is 18.2 Å². The molecule has 0 amide bonds. The molecule has 0 aliphatic heterocycles. The van der Waals surface area contributed by atoms with Crippen molar-refractivity contribution in [3.8, 4) is 5.75 Å². The molecule has 0 spiro atoms. The molecule has 5 heteroatoms. The van der Waals surface area contributed by atoms with E-state index in [1.165, 1.54) is 11.3 Å². The summed E-state index contributed by atoms with van der Waals surface area (Å²) in [6.07, 6.45) is 4.27. The smallest absolute Gasteiger partial charge is 0.341 e. The second kappa shape index (κ2) is 7.26. The highest BCUT2D eigenvalue weighted by atomic mass is 32.1. The number of phenolic OH excluding ortho intramolecular Hbond substituents is 1. The molecule has 0 unspecified atom stereocenters. The number of hydrogen-bond donors (Lipinski definition) is 2. The van der Waals surface area contributed by atoms with Gasteiger partial charge in [0.05, 0.1) is 12.2 Å². The third-order valence-electron chi connectivity index (χ3n) is 4.33. The van der Waals surface area contributed by atoms with Gasteiger partial charge in [-0.15, -0.1) is 11.3 Å². The quantitative estimate of drug-likeness (QED) is 0.787. The number of ether oxygens (including phenoxy) is 1. The van der Waals surface area contributed by atoms with Gasteiger partial charge in [-0.3, -0.25) is 0 Å². The van der Waals surface area contributed by atoms with Gasteiger partial charge in [0.25, 0.3) is 0 Å². The summed E-state index contributed by atoms with van der Waals surface area (Å²) in [6, 6.07) is 5.64. The molecule has 0 radical (unpaired) electrons. The first-order valence-corrected chi connectivity index (χ1v) is 9.25. The van der Waals surface area contributed by atoms with E-state index >= 15 is 0 Å². The number of rotatable bonds is 5. The molecule has 2 N–H and O–H groups in total. The third-order valence-corrected chi connectivity index (χ3v) is 5.58. The Hall–Kier alpha value is -2.01. The number of carbonyl (C=O) groups excluding carboxylic acids is 1. The minimum atomic E-state index is -0.243. The molecule has 1 aliphatic rings. The van der Waals surface area contributed by atoms with Crippen LogP contribution in [0.5, 0.6) is 5.75 Å². The molecule has 4 nitrogen and oxygen atoms in total. The monoisotopic (exact) mass is 345 g/mol. The fourth-order valence-electron chi connectivity index (χ4n) is 3.11. The number of phenols is 1. The molecular weight excluding hydrogens is 322 g/mol. The molecule has 0 saturated carbocycles. The Kier molecular flexibility index (Phi) is 5.09. The Morgan fingerprint density at radius 2 is 2.12 bits per heavy atom. The van der Waals surface area contributed by atoms with E-state index in [2.05, 4.69) is 5.32 Å². The molecule has 2 aromatic rings. The summed E-state index contributed by atoms with van der Waals surface area (Å²) >= 11 is 1.65. The van der Waals surface area contributed by atoms with Crippen molar-refractivity contribution >= 4 is 22.3 Å². The number of esters is 1. The largest absolute Gasteiger partial charge is 0.508 e. The standard InChI is InChI=1S/C19H23NO3S/c1-3-23-19(22)17-14-6-4-5-7-16(14)24-18(17)20-11-13-9-8-12(2)10-15(13)21/h8-10,20-21H,3-7,11H2,1-2H3. The van der Waals surface area contributed by atoms with Crippen LogP contribution in [-0.2, 0) is 24.1 Å². The lowest BCUT2D eigenvalue weighted by Crippen LogP contribution is -2.11. The normalized spacial score (nSPS) is 13.4. The lowest BCUT2D eigenvalue weighted by molar-refractivity contribution is 0.0526. The van der Waals surface area contributed by atoms with E-state index in [1.54, 1.807) is 17.4 Å². The molecule has 1 heterocycles. The molecule has 1 aromatic heterocycles. The highest BCUT2D eigenvalue weighted by Gasteiger charge is 2.26. The number of carbonyl (C=O) groups is 1. The number of hydrogen-bond acceptors (Lipinski definition) is 5. The highest BCUT2D eigenvalue weighted by molar-refractivity contribution is 7.16. The number of aromatic hydroxyl groups is 1. The number of benzene rings is 1. The van der Waals surface area contributed by atoms with Gasteiger partial charge in [-0.1, -0.05) is 12.1 Å². The topological polar surface area (TPSA) is 58.6 Å². The van der Waals surface area contributed by atoms with Gasteiger partial charge in [-0.2, -0.15) is 0 Å². The molecule has 24 heavy (non-hydrogen) atoms. The van der Waals surface area contributed by atoms with E-state index in [0.717, 1.165) is 41.0 Å². The zero-order chi connectivity index (χ0) is 17.1. The van der Waals surface area contributed by atoms with Gasteiger partial charge in [0.2, 0.25) is 0 Å². The predicted molar refractivity (Wildman–Crippen MR) is 97.1 cm³/mol. The van der Waals surface area contributed by atoms with E-state index < -0.39 is 0 Å². The minimum Gasteiger partial charge on any atom is -0.508 e. The molecule has 3 rings (SSSR count). The van der Waals surface area contributed by atoms with Crippen LogP contribution in [0, 0.1) is 6.92 Å². The fraction of sp³-hybridized carbons (Fsp3) is 0.421. The molecule has 0 atom stereocenters. The number of aryl methyl sites for hydroxylation is 2. The zero-order valence-corrected chi connectivity index (χ0v) is 15.0. The van der Waals surface area contributed by atoms with Crippen molar-refractivity contribution < 1.29 is 14.6 Å². The Morgan fingerprint density at radius 1 is 1.33 bits per heavy atom. The SMILES string of the molecule is CCOC(=O)c1c(NCc2ccc(C)cc2O)sc2c1CCCC2. The van der Waals surface area contributed by atoms with E-state index in [-0.39, 0.29) is 11.7 Å². The van der Waals surface area contributed by atoms with E-state index in [0.29, 0.717) is 18.7 Å². The first kappa shape index (κ1) is 16.8. The first-order chi connectivity index (χ1) is 11.6. The number of thiophene rings is 1. The molecule has 0 saturated heterocycles. The van der Waals surface area contributed by atoms with E-state index in [1.807, 2.05) is 26.0 Å². The Labute approximate surface area is 146 Å². The highest BCUT2D eigenvalue weighted by Crippen LogP contribution is 2.39. The van der Waals surface area contributed by atoms with Crippen LogP contribution >= 0.6 is 11.3 Å². The molecule has 1 aliphatic carbocycles. The van der Waals surface area contributed by atoms with Crippen molar-refractivity contribution in [3.05, 3.63) is 45.3 Å². The van der Waals surface area contributed by atoms with Crippen LogP contribution in [0.2, 0.25) is 0 Å². The zero-order valence-electron chi connectivity index (χ0n) is 14.1. The van der Waals surface area contributed by atoms with Crippen LogP contribution in [0.4, 0.5) is 5.00 Å². The maximum absolute atomic E-state index is 12.4. The number of anilines is 1. The van der Waals surface area contributed by atoms with Crippen LogP contribution in [0.3, 0.4) is 0 Å². The predicted octanol–water partition coefficient (Wildman–Crippen LogP) is 4.43. The van der Waals surface area contributed by atoms with Crippen molar-refractivity contribution in [1.82, 2.24) is 0 Å². The first-order valence-electron chi connectivity index (χ1n) is 8.44. The van der Waals surface area contributed by atoms with Gasteiger partial charge < -0.3 is 15.2 Å². The second-order valence-electron chi connectivity index (χ2n) is 6.12. The van der Waals surface area contributed by atoms with Gasteiger partial charge in [0.1, 0.15) is 10.8 Å². The van der Waals surface area contributed by atoms with Crippen molar-refractivity contribution in [2.45, 2.75) is 46.1 Å². The Bertz CT molecular complexity index is 751. The Morgan fingerprint density at radius 3 is 2.88 bits per heavy atom. The van der Waals surface area contributed by atoms with Gasteiger partial charge in [0, 0.05) is 17.0 Å². The second-order valence-corrected chi connectivity index (χ2v) is 7.23. The summed E-state index contributed by atoms with van der Waals surface area (Å²) in [7, 11) is 0. The van der Waals surface area contributed by atoms with Gasteiger partial charge >= 0.3 is 5.97 Å². The third kappa shape index (κ3) is 3.41. The van der Waals surface area contributed by atoms with Crippen LogP contribution in [0.25, 0.3) is 0 Å². The minimum absolute atomic E-state index is 0.243. The van der Waals surface area contributed by atoms with Crippen LogP contribution < -0.4 is 5.32 Å². The van der Waals surface area contributed by atoms with Crippen molar-refractivity contribution in [2.75, 3.05) is 11.9 Å². The van der Waals surface area contributed by atoms with E-state index in [9.17, 15) is 9.90 Å². The lowest BCUT2D eigenvalue weighted by atomic mass is 9.95. The van der Waals surface area contributed by atoms with Crippen molar-refractivity contribution in [1.29, 1.82) is 0 Å². The van der Waals surface area contributed by atoms with Crippen LogP contribution in [0.1, 0.15) is 51.7 Å². The molecule has 128 valence electrons. The molecule has 0 fully saturated rings.